The summed E-state index contributed by atoms with van der Waals surface area (Å²) in [5.74, 6) is 0.575. The first-order chi connectivity index (χ1) is 8.61. The number of amides is 1. The van der Waals surface area contributed by atoms with Crippen LogP contribution in [0.1, 0.15) is 24.8 Å². The van der Waals surface area contributed by atoms with Crippen molar-refractivity contribution in [1.82, 2.24) is 0 Å². The van der Waals surface area contributed by atoms with Crippen molar-refractivity contribution in [3.63, 3.8) is 0 Å². The van der Waals surface area contributed by atoms with Crippen molar-refractivity contribution < 1.29 is 4.79 Å². The maximum Gasteiger partial charge on any atom is 0.227 e. The highest BCUT2D eigenvalue weighted by atomic mass is 127. The molecular weight excluding hydrogens is 375 g/mol. The standard InChI is InChI=1S/C14H19IN2O.ClH/c1-9-5-6-11(7-13(9)15)17-14(18)12-4-2-3-10(12)8-16;/h5-7,10,12H,2-4,8,16H2,1H3,(H,17,18);1H/t10-,12-;/m1./s1. The van der Waals surface area contributed by atoms with Gasteiger partial charge in [-0.25, -0.2) is 0 Å². The third kappa shape index (κ3) is 4.07. The lowest BCUT2D eigenvalue weighted by Crippen LogP contribution is -2.29. The zero-order valence-electron chi connectivity index (χ0n) is 11.0. The molecule has 0 bridgehead atoms. The molecule has 0 aromatic heterocycles. The van der Waals surface area contributed by atoms with Gasteiger partial charge in [0.05, 0.1) is 0 Å². The number of aryl methyl sites for hydroxylation is 1. The molecule has 0 radical (unpaired) electrons. The molecule has 1 aliphatic rings. The van der Waals surface area contributed by atoms with Gasteiger partial charge in [0.1, 0.15) is 0 Å². The SMILES string of the molecule is Cc1ccc(NC(=O)[C@@H]2CCC[C@@H]2CN)cc1I.Cl. The molecule has 2 rings (SSSR count). The van der Waals surface area contributed by atoms with Gasteiger partial charge in [0.15, 0.2) is 0 Å². The summed E-state index contributed by atoms with van der Waals surface area (Å²) in [5, 5.41) is 3.02. The Labute approximate surface area is 134 Å². The minimum absolute atomic E-state index is 0. The molecule has 1 amide bonds. The fourth-order valence-corrected chi connectivity index (χ4v) is 3.08. The van der Waals surface area contributed by atoms with E-state index < -0.39 is 0 Å². The third-order valence-corrected chi connectivity index (χ3v) is 4.90. The molecule has 0 saturated heterocycles. The number of anilines is 1. The molecule has 1 fully saturated rings. The third-order valence-electron chi connectivity index (χ3n) is 3.74. The number of nitrogens with one attached hydrogen (secondary N) is 1. The van der Waals surface area contributed by atoms with Gasteiger partial charge in [-0.2, -0.15) is 0 Å². The Morgan fingerprint density at radius 3 is 2.84 bits per heavy atom. The highest BCUT2D eigenvalue weighted by Crippen LogP contribution is 2.32. The first-order valence-electron chi connectivity index (χ1n) is 6.39. The Balaban J connectivity index is 0.00000180. The lowest BCUT2D eigenvalue weighted by Gasteiger charge is -2.17. The number of carbonyl (C=O) groups excluding carboxylic acids is 1. The molecule has 3 nitrogen and oxygen atoms in total. The van der Waals surface area contributed by atoms with Gasteiger partial charge < -0.3 is 11.1 Å². The number of carbonyl (C=O) groups is 1. The second kappa shape index (κ2) is 7.45. The number of rotatable bonds is 3. The Kier molecular flexibility index (Phi) is 6.56. The van der Waals surface area contributed by atoms with E-state index in [1.165, 1.54) is 9.13 Å². The van der Waals surface area contributed by atoms with Crippen LogP contribution in [0.4, 0.5) is 5.69 Å². The van der Waals surface area contributed by atoms with E-state index in [4.69, 9.17) is 5.73 Å². The van der Waals surface area contributed by atoms with Crippen LogP contribution < -0.4 is 11.1 Å². The summed E-state index contributed by atoms with van der Waals surface area (Å²) in [6.45, 7) is 2.68. The molecule has 3 N–H and O–H groups in total. The zero-order chi connectivity index (χ0) is 13.1. The van der Waals surface area contributed by atoms with E-state index in [1.807, 2.05) is 18.2 Å². The van der Waals surface area contributed by atoms with Crippen molar-refractivity contribution in [2.45, 2.75) is 26.2 Å². The summed E-state index contributed by atoms with van der Waals surface area (Å²) in [6, 6.07) is 6.01. The van der Waals surface area contributed by atoms with Crippen molar-refractivity contribution in [2.24, 2.45) is 17.6 Å². The number of halogens is 2. The highest BCUT2D eigenvalue weighted by molar-refractivity contribution is 14.1. The molecule has 1 aromatic rings. The van der Waals surface area contributed by atoms with E-state index in [0.717, 1.165) is 24.9 Å². The van der Waals surface area contributed by atoms with Crippen LogP contribution in [0.3, 0.4) is 0 Å². The number of benzene rings is 1. The van der Waals surface area contributed by atoms with Crippen molar-refractivity contribution in [3.05, 3.63) is 27.3 Å². The molecule has 0 spiro atoms. The average molecular weight is 395 g/mol. The van der Waals surface area contributed by atoms with Crippen molar-refractivity contribution >= 4 is 46.6 Å². The van der Waals surface area contributed by atoms with Crippen LogP contribution in [-0.2, 0) is 4.79 Å². The van der Waals surface area contributed by atoms with Gasteiger partial charge in [0, 0.05) is 15.2 Å². The van der Waals surface area contributed by atoms with Crippen LogP contribution in [-0.4, -0.2) is 12.5 Å². The molecule has 1 aliphatic carbocycles. The maximum absolute atomic E-state index is 12.2. The molecule has 5 heteroatoms. The van der Waals surface area contributed by atoms with E-state index in [0.29, 0.717) is 12.5 Å². The molecule has 1 aromatic carbocycles. The molecular formula is C14H20ClIN2O. The second-order valence-corrected chi connectivity index (χ2v) is 6.15. The molecule has 0 heterocycles. The number of hydrogen-bond acceptors (Lipinski definition) is 2. The van der Waals surface area contributed by atoms with E-state index in [9.17, 15) is 4.79 Å². The number of nitrogens with two attached hydrogens (primary N) is 1. The van der Waals surface area contributed by atoms with Gasteiger partial charge in [-0.05, 0) is 72.5 Å². The van der Waals surface area contributed by atoms with Crippen LogP contribution in [0.15, 0.2) is 18.2 Å². The van der Waals surface area contributed by atoms with E-state index in [-0.39, 0.29) is 24.2 Å². The molecule has 0 unspecified atom stereocenters. The summed E-state index contributed by atoms with van der Waals surface area (Å²) in [6.07, 6.45) is 3.17. The first kappa shape index (κ1) is 16.7. The van der Waals surface area contributed by atoms with E-state index >= 15 is 0 Å². The fourth-order valence-electron chi connectivity index (χ4n) is 2.57. The zero-order valence-corrected chi connectivity index (χ0v) is 14.0. The molecule has 106 valence electrons. The number of hydrogen-bond donors (Lipinski definition) is 2. The molecule has 19 heavy (non-hydrogen) atoms. The van der Waals surface area contributed by atoms with E-state index in [1.54, 1.807) is 0 Å². The summed E-state index contributed by atoms with van der Waals surface area (Å²) in [5.41, 5.74) is 7.84. The molecule has 0 aliphatic heterocycles. The van der Waals surface area contributed by atoms with Crippen LogP contribution in [0.2, 0.25) is 0 Å². The van der Waals surface area contributed by atoms with Crippen molar-refractivity contribution in [1.29, 1.82) is 0 Å². The topological polar surface area (TPSA) is 55.1 Å². The highest BCUT2D eigenvalue weighted by Gasteiger charge is 2.31. The van der Waals surface area contributed by atoms with Gasteiger partial charge in [-0.15, -0.1) is 12.4 Å². The quantitative estimate of drug-likeness (QED) is 0.773. The smallest absolute Gasteiger partial charge is 0.227 e. The first-order valence-corrected chi connectivity index (χ1v) is 7.46. The minimum Gasteiger partial charge on any atom is -0.330 e. The van der Waals surface area contributed by atoms with Gasteiger partial charge in [0.25, 0.3) is 0 Å². The largest absolute Gasteiger partial charge is 0.330 e. The minimum atomic E-state index is 0. The van der Waals surface area contributed by atoms with Crippen molar-refractivity contribution in [3.8, 4) is 0 Å². The monoisotopic (exact) mass is 394 g/mol. The normalized spacial score (nSPS) is 21.8. The second-order valence-electron chi connectivity index (χ2n) is 4.99. The van der Waals surface area contributed by atoms with Crippen LogP contribution in [0.25, 0.3) is 0 Å². The summed E-state index contributed by atoms with van der Waals surface area (Å²) >= 11 is 2.29. The van der Waals surface area contributed by atoms with Gasteiger partial charge in [-0.1, -0.05) is 12.5 Å². The summed E-state index contributed by atoms with van der Waals surface area (Å²) in [4.78, 5) is 12.2. The van der Waals surface area contributed by atoms with Gasteiger partial charge in [-0.3, -0.25) is 4.79 Å². The predicted octanol–water partition coefficient (Wildman–Crippen LogP) is 3.33. The Morgan fingerprint density at radius 1 is 1.47 bits per heavy atom. The van der Waals surface area contributed by atoms with Gasteiger partial charge >= 0.3 is 0 Å². The molecule has 2 atom stereocenters. The average Bonchev–Trinajstić information content (AvgIpc) is 2.82. The summed E-state index contributed by atoms with van der Waals surface area (Å²) in [7, 11) is 0. The summed E-state index contributed by atoms with van der Waals surface area (Å²) < 4.78 is 1.17. The van der Waals surface area contributed by atoms with Crippen LogP contribution in [0.5, 0.6) is 0 Å². The van der Waals surface area contributed by atoms with Crippen molar-refractivity contribution in [2.75, 3.05) is 11.9 Å². The lowest BCUT2D eigenvalue weighted by molar-refractivity contribution is -0.120. The molecule has 1 saturated carbocycles. The lowest BCUT2D eigenvalue weighted by atomic mass is 9.95. The Morgan fingerprint density at radius 2 is 2.21 bits per heavy atom. The maximum atomic E-state index is 12.2. The van der Waals surface area contributed by atoms with E-state index in [2.05, 4.69) is 34.8 Å². The van der Waals surface area contributed by atoms with Gasteiger partial charge in [0.2, 0.25) is 5.91 Å². The fraction of sp³-hybridized carbons (Fsp3) is 0.500. The van der Waals surface area contributed by atoms with Crippen LogP contribution in [0, 0.1) is 22.3 Å². The Bertz CT molecular complexity index is 453. The Hall–Kier alpha value is -0.330. The predicted molar refractivity (Wildman–Crippen MR) is 89.7 cm³/mol. The van der Waals surface area contributed by atoms with Crippen LogP contribution >= 0.6 is 35.0 Å².